The van der Waals surface area contributed by atoms with Crippen molar-refractivity contribution in [2.45, 2.75) is 20.0 Å². The van der Waals surface area contributed by atoms with Crippen LogP contribution in [0.5, 0.6) is 17.4 Å². The Morgan fingerprint density at radius 3 is 2.48 bits per heavy atom. The van der Waals surface area contributed by atoms with Crippen LogP contribution in [0.2, 0.25) is 0 Å². The van der Waals surface area contributed by atoms with Gasteiger partial charge in [-0.1, -0.05) is 18.2 Å². The largest absolute Gasteiger partial charge is 0.481 e. The van der Waals surface area contributed by atoms with Crippen molar-refractivity contribution in [2.75, 3.05) is 5.32 Å². The van der Waals surface area contributed by atoms with E-state index in [0.717, 1.165) is 0 Å². The summed E-state index contributed by atoms with van der Waals surface area (Å²) < 4.78 is 13.1. The van der Waals surface area contributed by atoms with Crippen molar-refractivity contribution >= 4 is 11.6 Å². The Hall–Kier alpha value is -4.20. The Labute approximate surface area is 179 Å². The van der Waals surface area contributed by atoms with Crippen LogP contribution in [0.3, 0.4) is 0 Å². The van der Waals surface area contributed by atoms with Crippen molar-refractivity contribution < 1.29 is 14.3 Å². The van der Waals surface area contributed by atoms with Crippen LogP contribution in [0.1, 0.15) is 12.7 Å². The van der Waals surface area contributed by atoms with Gasteiger partial charge >= 0.3 is 0 Å². The second-order valence-electron chi connectivity index (χ2n) is 6.75. The lowest BCUT2D eigenvalue weighted by Crippen LogP contribution is -2.30. The molecule has 0 saturated heterocycles. The van der Waals surface area contributed by atoms with Gasteiger partial charge in [0.05, 0.1) is 0 Å². The Balaban J connectivity index is 1.39. The summed E-state index contributed by atoms with van der Waals surface area (Å²) in [6.45, 7) is 3.49. The molecule has 1 unspecified atom stereocenters. The molecule has 1 atom stereocenters. The summed E-state index contributed by atoms with van der Waals surface area (Å²) in [5.41, 5.74) is 0.636. The van der Waals surface area contributed by atoms with E-state index >= 15 is 0 Å². The van der Waals surface area contributed by atoms with E-state index in [1.807, 2.05) is 36.4 Å². The summed E-state index contributed by atoms with van der Waals surface area (Å²) in [5, 5.41) is 7.01. The number of nitrogens with zero attached hydrogens (tertiary/aromatic N) is 4. The minimum absolute atomic E-state index is 0.243. The van der Waals surface area contributed by atoms with E-state index in [-0.39, 0.29) is 5.91 Å². The lowest BCUT2D eigenvalue weighted by Gasteiger charge is -2.15. The molecule has 0 aliphatic carbocycles. The van der Waals surface area contributed by atoms with E-state index in [0.29, 0.717) is 34.7 Å². The zero-order valence-electron chi connectivity index (χ0n) is 17.1. The molecule has 4 rings (SSSR count). The Morgan fingerprint density at radius 1 is 1.00 bits per heavy atom. The molecule has 8 heteroatoms. The molecule has 0 fully saturated rings. The molecule has 0 spiro atoms. The first kappa shape index (κ1) is 20.1. The Morgan fingerprint density at radius 2 is 1.77 bits per heavy atom. The monoisotopic (exact) mass is 415 g/mol. The number of benzene rings is 2. The maximum Gasteiger partial charge on any atom is 0.265 e. The quantitative estimate of drug-likeness (QED) is 0.487. The van der Waals surface area contributed by atoms with Crippen LogP contribution in [0, 0.1) is 6.92 Å². The maximum absolute atomic E-state index is 12.4. The third kappa shape index (κ3) is 5.24. The molecule has 0 saturated carbocycles. The number of rotatable bonds is 7. The number of para-hydroxylation sites is 1. The number of hydrogen-bond donors (Lipinski definition) is 1. The molecule has 0 radical (unpaired) electrons. The van der Waals surface area contributed by atoms with Gasteiger partial charge in [-0.05, 0) is 56.3 Å². The van der Waals surface area contributed by atoms with Gasteiger partial charge in [-0.25, -0.2) is 9.67 Å². The Kier molecular flexibility index (Phi) is 5.89. The SMILES string of the molecule is Cc1nc(Oc2ccc(NC(=O)C(C)Oc3ccccc3)cc2)cc(-n2cccn2)n1. The van der Waals surface area contributed by atoms with Crippen LogP contribution in [0.15, 0.2) is 79.1 Å². The highest BCUT2D eigenvalue weighted by Gasteiger charge is 2.15. The van der Waals surface area contributed by atoms with Crippen LogP contribution in [0.25, 0.3) is 5.82 Å². The van der Waals surface area contributed by atoms with Crippen LogP contribution in [-0.2, 0) is 4.79 Å². The molecule has 0 aliphatic heterocycles. The number of nitrogens with one attached hydrogen (secondary N) is 1. The zero-order valence-corrected chi connectivity index (χ0v) is 17.1. The van der Waals surface area contributed by atoms with Gasteiger partial charge in [0.25, 0.3) is 5.91 Å². The number of aromatic nitrogens is 4. The number of amides is 1. The molecule has 156 valence electrons. The average Bonchev–Trinajstić information content (AvgIpc) is 3.30. The maximum atomic E-state index is 12.4. The van der Waals surface area contributed by atoms with Crippen LogP contribution >= 0.6 is 0 Å². The fraction of sp³-hybridized carbons (Fsp3) is 0.130. The third-order valence-corrected chi connectivity index (χ3v) is 4.31. The molecule has 1 N–H and O–H groups in total. The first-order valence-electron chi connectivity index (χ1n) is 9.73. The first-order chi connectivity index (χ1) is 15.1. The minimum atomic E-state index is -0.636. The number of carbonyl (C=O) groups excluding carboxylic acids is 1. The zero-order chi connectivity index (χ0) is 21.6. The predicted molar refractivity (Wildman–Crippen MR) is 116 cm³/mol. The molecule has 2 heterocycles. The topological polar surface area (TPSA) is 91.2 Å². The number of ether oxygens (including phenoxy) is 2. The molecule has 4 aromatic rings. The van der Waals surface area contributed by atoms with Gasteiger partial charge in [-0.2, -0.15) is 10.1 Å². The molecule has 2 aromatic heterocycles. The number of hydrogen-bond acceptors (Lipinski definition) is 6. The fourth-order valence-electron chi connectivity index (χ4n) is 2.83. The molecule has 31 heavy (non-hydrogen) atoms. The van der Waals surface area contributed by atoms with Gasteiger partial charge in [-0.15, -0.1) is 0 Å². The minimum Gasteiger partial charge on any atom is -0.481 e. The van der Waals surface area contributed by atoms with Gasteiger partial charge in [0, 0.05) is 24.1 Å². The number of anilines is 1. The molecule has 0 bridgehead atoms. The smallest absolute Gasteiger partial charge is 0.265 e. The third-order valence-electron chi connectivity index (χ3n) is 4.31. The highest BCUT2D eigenvalue weighted by Crippen LogP contribution is 2.23. The summed E-state index contributed by atoms with van der Waals surface area (Å²) in [6.07, 6.45) is 2.84. The standard InChI is InChI=1S/C23H21N5O3/c1-16(30-19-7-4-3-5-8-19)23(29)27-18-9-11-20(12-10-18)31-22-15-21(25-17(2)26-22)28-14-6-13-24-28/h3-16H,1-2H3,(H,27,29). The van der Waals surface area contributed by atoms with Crippen LogP contribution in [0.4, 0.5) is 5.69 Å². The van der Waals surface area contributed by atoms with Gasteiger partial charge in [-0.3, -0.25) is 4.79 Å². The summed E-state index contributed by atoms with van der Waals surface area (Å²) >= 11 is 0. The van der Waals surface area contributed by atoms with Gasteiger partial charge < -0.3 is 14.8 Å². The van der Waals surface area contributed by atoms with E-state index in [4.69, 9.17) is 9.47 Å². The second kappa shape index (κ2) is 9.08. The van der Waals surface area contributed by atoms with Gasteiger partial charge in [0.2, 0.25) is 5.88 Å². The second-order valence-corrected chi connectivity index (χ2v) is 6.75. The average molecular weight is 415 g/mol. The molecular weight excluding hydrogens is 394 g/mol. The first-order valence-corrected chi connectivity index (χ1v) is 9.73. The van der Waals surface area contributed by atoms with Crippen molar-refractivity contribution in [3.8, 4) is 23.2 Å². The van der Waals surface area contributed by atoms with E-state index in [1.165, 1.54) is 0 Å². The van der Waals surface area contributed by atoms with Crippen molar-refractivity contribution in [3.05, 3.63) is 84.9 Å². The lowest BCUT2D eigenvalue weighted by molar-refractivity contribution is -0.122. The molecule has 0 aliphatic rings. The van der Waals surface area contributed by atoms with Gasteiger partial charge in [0.1, 0.15) is 17.3 Å². The Bertz CT molecular complexity index is 1150. The van der Waals surface area contributed by atoms with Crippen molar-refractivity contribution in [1.82, 2.24) is 19.7 Å². The molecule has 2 aromatic carbocycles. The van der Waals surface area contributed by atoms with E-state index < -0.39 is 6.10 Å². The summed E-state index contributed by atoms with van der Waals surface area (Å²) in [4.78, 5) is 21.1. The molecule has 8 nitrogen and oxygen atoms in total. The number of aryl methyl sites for hydroxylation is 1. The van der Waals surface area contributed by atoms with Crippen LogP contribution in [-0.4, -0.2) is 31.8 Å². The predicted octanol–water partition coefficient (Wildman–Crippen LogP) is 4.17. The molecular formula is C23H21N5O3. The van der Waals surface area contributed by atoms with Crippen LogP contribution < -0.4 is 14.8 Å². The number of carbonyl (C=O) groups is 1. The van der Waals surface area contributed by atoms with Crippen molar-refractivity contribution in [1.29, 1.82) is 0 Å². The van der Waals surface area contributed by atoms with E-state index in [2.05, 4.69) is 20.4 Å². The lowest BCUT2D eigenvalue weighted by atomic mass is 10.2. The summed E-state index contributed by atoms with van der Waals surface area (Å²) in [7, 11) is 0. The fourth-order valence-corrected chi connectivity index (χ4v) is 2.83. The highest BCUT2D eigenvalue weighted by molar-refractivity contribution is 5.94. The van der Waals surface area contributed by atoms with E-state index in [9.17, 15) is 4.79 Å². The van der Waals surface area contributed by atoms with Crippen molar-refractivity contribution in [2.24, 2.45) is 0 Å². The van der Waals surface area contributed by atoms with Gasteiger partial charge in [0.15, 0.2) is 11.9 Å². The van der Waals surface area contributed by atoms with Crippen molar-refractivity contribution in [3.63, 3.8) is 0 Å². The summed E-state index contributed by atoms with van der Waals surface area (Å²) in [6, 6.07) is 19.8. The molecule has 1 amide bonds. The summed E-state index contributed by atoms with van der Waals surface area (Å²) in [5.74, 6) is 2.56. The highest BCUT2D eigenvalue weighted by atomic mass is 16.5. The van der Waals surface area contributed by atoms with E-state index in [1.54, 1.807) is 61.3 Å². The normalized spacial score (nSPS) is 11.5.